The van der Waals surface area contributed by atoms with E-state index in [1.807, 2.05) is 13.8 Å². The Bertz CT molecular complexity index is 1040. The summed E-state index contributed by atoms with van der Waals surface area (Å²) in [5, 5.41) is 0.774. The molecule has 5 nitrogen and oxygen atoms in total. The van der Waals surface area contributed by atoms with Gasteiger partial charge in [-0.2, -0.15) is 0 Å². The predicted octanol–water partition coefficient (Wildman–Crippen LogP) is 3.59. The van der Waals surface area contributed by atoms with Gasteiger partial charge in [0.15, 0.2) is 12.4 Å². The average Bonchev–Trinajstić information content (AvgIpc) is 2.56. The van der Waals surface area contributed by atoms with Crippen LogP contribution in [-0.4, -0.2) is 12.5 Å². The number of aryl methyl sites for hydroxylation is 2. The lowest BCUT2D eigenvalue weighted by Crippen LogP contribution is -2.22. The van der Waals surface area contributed by atoms with Gasteiger partial charge in [0.25, 0.3) is 5.91 Å². The molecule has 0 aliphatic rings. The molecule has 0 bridgehead atoms. The summed E-state index contributed by atoms with van der Waals surface area (Å²) in [5.41, 5.74) is 7.64. The van der Waals surface area contributed by atoms with Crippen LogP contribution >= 0.6 is 11.6 Å². The van der Waals surface area contributed by atoms with Crippen molar-refractivity contribution in [2.75, 3.05) is 6.61 Å². The minimum atomic E-state index is -0.690. The highest BCUT2D eigenvalue weighted by atomic mass is 35.5. The monoisotopic (exact) mass is 357 g/mol. The fraction of sp³-hybridized carbons (Fsp3) is 0.158. The first-order valence-electron chi connectivity index (χ1n) is 7.62. The lowest BCUT2D eigenvalue weighted by molar-refractivity contribution is -0.119. The minimum absolute atomic E-state index is 0.0809. The van der Waals surface area contributed by atoms with Crippen molar-refractivity contribution in [2.24, 2.45) is 5.73 Å². The average molecular weight is 358 g/mol. The van der Waals surface area contributed by atoms with Gasteiger partial charge in [-0.25, -0.2) is 0 Å². The van der Waals surface area contributed by atoms with Gasteiger partial charge in [0, 0.05) is 5.56 Å². The molecule has 0 saturated heterocycles. The first-order chi connectivity index (χ1) is 11.9. The largest absolute Gasteiger partial charge is 0.476 e. The molecule has 0 radical (unpaired) electrons. The Morgan fingerprint density at radius 3 is 2.56 bits per heavy atom. The van der Waals surface area contributed by atoms with E-state index < -0.39 is 12.5 Å². The molecule has 0 aliphatic carbocycles. The Labute approximate surface area is 149 Å². The lowest BCUT2D eigenvalue weighted by Gasteiger charge is -2.12. The van der Waals surface area contributed by atoms with Crippen LogP contribution in [0.5, 0.6) is 5.75 Å². The van der Waals surface area contributed by atoms with Crippen molar-refractivity contribution in [1.29, 1.82) is 0 Å². The van der Waals surface area contributed by atoms with Crippen LogP contribution < -0.4 is 15.9 Å². The number of ether oxygens (including phenoxy) is 1. The van der Waals surface area contributed by atoms with Gasteiger partial charge in [0.2, 0.25) is 11.2 Å². The van der Waals surface area contributed by atoms with Crippen LogP contribution in [0.4, 0.5) is 0 Å². The summed E-state index contributed by atoms with van der Waals surface area (Å²) in [6, 6.07) is 10.5. The van der Waals surface area contributed by atoms with Crippen LogP contribution in [0.15, 0.2) is 45.6 Å². The number of carbonyl (C=O) groups is 1. The molecule has 2 aromatic carbocycles. The Balaban J connectivity index is 2.34. The molecular weight excluding hydrogens is 342 g/mol. The molecule has 0 fully saturated rings. The van der Waals surface area contributed by atoms with E-state index in [9.17, 15) is 9.59 Å². The molecular formula is C19H16ClNO4. The van der Waals surface area contributed by atoms with Crippen molar-refractivity contribution >= 4 is 28.5 Å². The van der Waals surface area contributed by atoms with Crippen LogP contribution in [-0.2, 0) is 4.79 Å². The molecule has 0 aliphatic heterocycles. The van der Waals surface area contributed by atoms with E-state index >= 15 is 0 Å². The Hall–Kier alpha value is -2.79. The van der Waals surface area contributed by atoms with Crippen molar-refractivity contribution in [2.45, 2.75) is 13.8 Å². The zero-order valence-electron chi connectivity index (χ0n) is 13.8. The molecule has 1 amide bonds. The van der Waals surface area contributed by atoms with Crippen molar-refractivity contribution in [1.82, 2.24) is 0 Å². The van der Waals surface area contributed by atoms with Crippen molar-refractivity contribution in [3.05, 3.63) is 62.8 Å². The molecule has 2 N–H and O–H groups in total. The number of carbonyl (C=O) groups excluding carboxylic acids is 1. The predicted molar refractivity (Wildman–Crippen MR) is 97.1 cm³/mol. The number of nitrogens with two attached hydrogens (primary N) is 1. The molecule has 1 heterocycles. The summed E-state index contributed by atoms with van der Waals surface area (Å²) in [5.74, 6) is -0.597. The molecule has 0 unspecified atom stereocenters. The van der Waals surface area contributed by atoms with E-state index in [2.05, 4.69) is 0 Å². The highest BCUT2D eigenvalue weighted by molar-refractivity contribution is 6.33. The Morgan fingerprint density at radius 2 is 1.88 bits per heavy atom. The number of benzene rings is 2. The molecule has 1 aromatic heterocycles. The SMILES string of the molecule is Cc1cc2oc(-c3ccccc3Cl)c(OCC(N)=O)c(=O)c2cc1C. The molecule has 128 valence electrons. The van der Waals surface area contributed by atoms with E-state index in [-0.39, 0.29) is 16.9 Å². The summed E-state index contributed by atoms with van der Waals surface area (Å²) in [7, 11) is 0. The van der Waals surface area contributed by atoms with E-state index in [0.717, 1.165) is 11.1 Å². The highest BCUT2D eigenvalue weighted by Crippen LogP contribution is 2.35. The standard InChI is InChI=1S/C19H16ClNO4/c1-10-7-13-15(8-11(10)2)25-18(12-5-3-4-6-14(12)20)19(17(13)23)24-9-16(21)22/h3-8H,9H2,1-2H3,(H2,21,22). The van der Waals surface area contributed by atoms with Gasteiger partial charge in [0.1, 0.15) is 5.58 Å². The molecule has 3 rings (SSSR count). The third-order valence-corrected chi connectivity index (χ3v) is 4.27. The smallest absolute Gasteiger partial charge is 0.255 e. The maximum absolute atomic E-state index is 12.9. The molecule has 3 aromatic rings. The van der Waals surface area contributed by atoms with Crippen molar-refractivity contribution in [3.63, 3.8) is 0 Å². The number of rotatable bonds is 4. The third kappa shape index (κ3) is 3.23. The molecule has 0 atom stereocenters. The first-order valence-corrected chi connectivity index (χ1v) is 8.00. The minimum Gasteiger partial charge on any atom is -0.476 e. The zero-order chi connectivity index (χ0) is 18.1. The Morgan fingerprint density at radius 1 is 1.20 bits per heavy atom. The fourth-order valence-electron chi connectivity index (χ4n) is 2.53. The maximum atomic E-state index is 12.9. The van der Waals surface area contributed by atoms with Crippen LogP contribution in [0.2, 0.25) is 5.02 Å². The molecule has 6 heteroatoms. The molecule has 25 heavy (non-hydrogen) atoms. The number of hydrogen-bond donors (Lipinski definition) is 1. The highest BCUT2D eigenvalue weighted by Gasteiger charge is 2.20. The van der Waals surface area contributed by atoms with E-state index in [1.54, 1.807) is 36.4 Å². The van der Waals surface area contributed by atoms with Crippen LogP contribution in [0.25, 0.3) is 22.3 Å². The van der Waals surface area contributed by atoms with E-state index in [4.69, 9.17) is 26.5 Å². The van der Waals surface area contributed by atoms with E-state index in [0.29, 0.717) is 21.6 Å². The van der Waals surface area contributed by atoms with Crippen LogP contribution in [0.3, 0.4) is 0 Å². The number of primary amides is 1. The van der Waals surface area contributed by atoms with Gasteiger partial charge in [0.05, 0.1) is 10.4 Å². The topological polar surface area (TPSA) is 82.5 Å². The second kappa shape index (κ2) is 6.61. The number of halogens is 1. The van der Waals surface area contributed by atoms with Gasteiger partial charge in [-0.05, 0) is 49.2 Å². The summed E-state index contributed by atoms with van der Waals surface area (Å²) < 4.78 is 11.3. The zero-order valence-corrected chi connectivity index (χ0v) is 14.5. The number of hydrogen-bond acceptors (Lipinski definition) is 4. The normalized spacial score (nSPS) is 10.8. The number of fused-ring (bicyclic) bond motifs is 1. The van der Waals surface area contributed by atoms with Crippen molar-refractivity contribution < 1.29 is 13.9 Å². The fourth-order valence-corrected chi connectivity index (χ4v) is 2.75. The van der Waals surface area contributed by atoms with Gasteiger partial charge in [-0.1, -0.05) is 23.7 Å². The van der Waals surface area contributed by atoms with Gasteiger partial charge >= 0.3 is 0 Å². The number of amides is 1. The lowest BCUT2D eigenvalue weighted by atomic mass is 10.0. The Kier molecular flexibility index (Phi) is 4.51. The summed E-state index contributed by atoms with van der Waals surface area (Å²) in [6.45, 7) is 3.40. The van der Waals surface area contributed by atoms with Gasteiger partial charge in [-0.15, -0.1) is 0 Å². The summed E-state index contributed by atoms with van der Waals surface area (Å²) in [6.07, 6.45) is 0. The van der Waals surface area contributed by atoms with Gasteiger partial charge < -0.3 is 14.9 Å². The molecule has 0 spiro atoms. The second-order valence-corrected chi connectivity index (χ2v) is 6.16. The summed E-state index contributed by atoms with van der Waals surface area (Å²) >= 11 is 6.24. The second-order valence-electron chi connectivity index (χ2n) is 5.76. The third-order valence-electron chi connectivity index (χ3n) is 3.94. The van der Waals surface area contributed by atoms with Crippen molar-refractivity contribution in [3.8, 4) is 17.1 Å². The summed E-state index contributed by atoms with van der Waals surface area (Å²) in [4.78, 5) is 24.0. The van der Waals surface area contributed by atoms with Crippen LogP contribution in [0, 0.1) is 13.8 Å². The quantitative estimate of drug-likeness (QED) is 0.773. The maximum Gasteiger partial charge on any atom is 0.255 e. The van der Waals surface area contributed by atoms with E-state index in [1.165, 1.54) is 0 Å². The molecule has 0 saturated carbocycles. The first kappa shape index (κ1) is 17.0. The van der Waals surface area contributed by atoms with Crippen LogP contribution in [0.1, 0.15) is 11.1 Å². The van der Waals surface area contributed by atoms with Gasteiger partial charge in [-0.3, -0.25) is 9.59 Å².